The molecule has 45 heavy (non-hydrogen) atoms. The quantitative estimate of drug-likeness (QED) is 0.287. The minimum absolute atomic E-state index is 0.00206. The molecule has 0 amide bonds. The number of alkyl halides is 4. The monoisotopic (exact) mass is 632 g/mol. The van der Waals surface area contributed by atoms with Crippen molar-refractivity contribution >= 4 is 27.5 Å². The zero-order valence-electron chi connectivity index (χ0n) is 24.3. The first kappa shape index (κ1) is 29.8. The molecule has 3 aliphatic rings. The molecular formula is C31H30F6N6O2. The second-order valence-corrected chi connectivity index (χ2v) is 12.2. The van der Waals surface area contributed by atoms with Crippen molar-refractivity contribution in [3.05, 3.63) is 47.7 Å². The Balaban J connectivity index is 1.43. The lowest BCUT2D eigenvalue weighted by Gasteiger charge is -2.34. The van der Waals surface area contributed by atoms with E-state index in [0.717, 1.165) is 24.6 Å². The number of aromatic hydroxyl groups is 1. The highest BCUT2D eigenvalue weighted by Crippen LogP contribution is 2.46. The van der Waals surface area contributed by atoms with Crippen molar-refractivity contribution in [3.63, 3.8) is 0 Å². The number of fused-ring (bicyclic) bond motifs is 3. The number of pyridine rings is 1. The average molecular weight is 633 g/mol. The molecule has 0 radical (unpaired) electrons. The zero-order valence-corrected chi connectivity index (χ0v) is 24.3. The summed E-state index contributed by atoms with van der Waals surface area (Å²) < 4.78 is 95.3. The van der Waals surface area contributed by atoms with Crippen LogP contribution in [0.4, 0.5) is 32.2 Å². The number of anilines is 1. The van der Waals surface area contributed by atoms with Gasteiger partial charge in [-0.25, -0.2) is 13.2 Å². The molecule has 3 saturated heterocycles. The number of benzene rings is 2. The van der Waals surface area contributed by atoms with Gasteiger partial charge in [-0.15, -0.1) is 0 Å². The second kappa shape index (κ2) is 10.9. The molecule has 3 fully saturated rings. The van der Waals surface area contributed by atoms with E-state index in [1.165, 1.54) is 12.3 Å². The molecule has 2 atom stereocenters. The summed E-state index contributed by atoms with van der Waals surface area (Å²) in [5, 5.41) is 9.91. The first-order valence-corrected chi connectivity index (χ1v) is 14.8. The largest absolute Gasteiger partial charge is 0.508 e. The van der Waals surface area contributed by atoms with Crippen LogP contribution in [-0.2, 0) is 6.18 Å². The summed E-state index contributed by atoms with van der Waals surface area (Å²) in [5.41, 5.74) is -3.60. The van der Waals surface area contributed by atoms with E-state index in [-0.39, 0.29) is 42.2 Å². The first-order chi connectivity index (χ1) is 21.4. The number of hydrogen-bond donors (Lipinski definition) is 1. The Kier molecular flexibility index (Phi) is 7.19. The Morgan fingerprint density at radius 2 is 1.84 bits per heavy atom. The van der Waals surface area contributed by atoms with Crippen LogP contribution in [-0.4, -0.2) is 94.5 Å². The highest BCUT2D eigenvalue weighted by atomic mass is 19.4. The molecule has 7 rings (SSSR count). The lowest BCUT2D eigenvalue weighted by atomic mass is 9.95. The van der Waals surface area contributed by atoms with Crippen LogP contribution >= 0.6 is 0 Å². The van der Waals surface area contributed by atoms with Crippen LogP contribution in [0.25, 0.3) is 32.9 Å². The number of likely N-dealkylation sites (N-methyl/N-ethyl adjacent to an activating group) is 1. The fourth-order valence-electron chi connectivity index (χ4n) is 7.06. The molecule has 2 aromatic carbocycles. The number of aromatic nitrogens is 3. The molecule has 14 heteroatoms. The van der Waals surface area contributed by atoms with E-state index in [2.05, 4.69) is 19.9 Å². The normalized spacial score (nSPS) is 22.9. The van der Waals surface area contributed by atoms with Crippen LogP contribution in [0.1, 0.15) is 24.8 Å². The van der Waals surface area contributed by atoms with Gasteiger partial charge in [0.25, 0.3) is 0 Å². The van der Waals surface area contributed by atoms with Crippen LogP contribution in [0.3, 0.4) is 0 Å². The molecule has 238 valence electrons. The molecule has 0 aliphatic carbocycles. The van der Waals surface area contributed by atoms with Crippen LogP contribution < -0.4 is 9.64 Å². The Labute approximate surface area is 254 Å². The molecule has 8 nitrogen and oxygen atoms in total. The number of ether oxygens (including phenoxy) is 1. The van der Waals surface area contributed by atoms with Crippen LogP contribution in [0.15, 0.2) is 30.5 Å². The SMILES string of the molecule is CN1CCN(c2nc(OC[C@]34CCCN3C[C@@H](F)C4)nc3c(C(F)(F)F)c(-c4cc(O)cc5ccc(F)c(F)c45)ncc23)CC1. The Morgan fingerprint density at radius 3 is 2.60 bits per heavy atom. The summed E-state index contributed by atoms with van der Waals surface area (Å²) >= 11 is 0. The van der Waals surface area contributed by atoms with Crippen molar-refractivity contribution in [3.8, 4) is 23.0 Å². The van der Waals surface area contributed by atoms with Gasteiger partial charge in [0.05, 0.1) is 22.1 Å². The number of rotatable bonds is 5. The van der Waals surface area contributed by atoms with Gasteiger partial charge >= 0.3 is 12.2 Å². The molecule has 0 bridgehead atoms. The Bertz CT molecular complexity index is 1800. The smallest absolute Gasteiger partial charge is 0.420 e. The van der Waals surface area contributed by atoms with Crippen LogP contribution in [0.2, 0.25) is 0 Å². The molecule has 0 spiro atoms. The molecule has 5 heterocycles. The highest BCUT2D eigenvalue weighted by molar-refractivity contribution is 6.02. The Morgan fingerprint density at radius 1 is 1.07 bits per heavy atom. The maximum atomic E-state index is 15.2. The number of nitrogens with zero attached hydrogens (tertiary/aromatic N) is 6. The lowest BCUT2D eigenvalue weighted by Crippen LogP contribution is -2.45. The predicted octanol–water partition coefficient (Wildman–Crippen LogP) is 5.55. The summed E-state index contributed by atoms with van der Waals surface area (Å²) in [6.45, 7) is 3.18. The van der Waals surface area contributed by atoms with Gasteiger partial charge in [-0.3, -0.25) is 9.88 Å². The minimum atomic E-state index is -5.07. The van der Waals surface area contributed by atoms with Crippen molar-refractivity contribution in [2.24, 2.45) is 0 Å². The molecule has 2 aromatic heterocycles. The van der Waals surface area contributed by atoms with E-state index >= 15 is 17.6 Å². The van der Waals surface area contributed by atoms with E-state index in [1.54, 1.807) is 0 Å². The molecule has 3 aliphatic heterocycles. The van der Waals surface area contributed by atoms with Gasteiger partial charge in [0.15, 0.2) is 11.6 Å². The van der Waals surface area contributed by atoms with Crippen molar-refractivity contribution < 1.29 is 36.2 Å². The van der Waals surface area contributed by atoms with Gasteiger partial charge in [-0.2, -0.15) is 23.1 Å². The van der Waals surface area contributed by atoms with E-state index in [0.29, 0.717) is 39.1 Å². The van der Waals surface area contributed by atoms with Crippen molar-refractivity contribution in [1.29, 1.82) is 0 Å². The summed E-state index contributed by atoms with van der Waals surface area (Å²) in [6, 6.07) is 3.75. The highest BCUT2D eigenvalue weighted by Gasteiger charge is 2.49. The van der Waals surface area contributed by atoms with E-state index in [4.69, 9.17) is 4.74 Å². The van der Waals surface area contributed by atoms with E-state index < -0.39 is 63.0 Å². The third kappa shape index (κ3) is 5.17. The standard InChI is InChI=1S/C31H30F6N6O2/c1-41-7-9-42(10-8-41)28-21-14-38-26(20-12-19(44)11-17-3-4-22(33)25(34)23(17)20)24(31(35,36)37)27(21)39-29(40-28)45-16-30-5-2-6-43(30)15-18(32)13-30/h3-4,11-12,14,18,44H,2,5-10,13,15-16H2,1H3/t18-,30+/m0/s1. The fraction of sp³-hybridized carbons (Fsp3) is 0.452. The van der Waals surface area contributed by atoms with Crippen molar-refractivity contribution in [1.82, 2.24) is 24.8 Å². The van der Waals surface area contributed by atoms with Gasteiger partial charge in [-0.05, 0) is 50.0 Å². The summed E-state index contributed by atoms with van der Waals surface area (Å²) in [6.07, 6.45) is -3.13. The number of hydrogen-bond acceptors (Lipinski definition) is 8. The maximum Gasteiger partial charge on any atom is 0.420 e. The van der Waals surface area contributed by atoms with Gasteiger partial charge in [0.2, 0.25) is 0 Å². The summed E-state index contributed by atoms with van der Waals surface area (Å²) in [7, 11) is 1.94. The number of phenolic OH excluding ortho intramolecular Hbond substituents is 1. The molecule has 4 aromatic rings. The van der Waals surface area contributed by atoms with Crippen LogP contribution in [0, 0.1) is 11.6 Å². The maximum absolute atomic E-state index is 15.2. The van der Waals surface area contributed by atoms with E-state index in [9.17, 15) is 13.9 Å². The first-order valence-electron chi connectivity index (χ1n) is 14.8. The topological polar surface area (TPSA) is 77.9 Å². The van der Waals surface area contributed by atoms with Crippen molar-refractivity contribution in [2.45, 2.75) is 37.1 Å². The molecule has 0 unspecified atom stereocenters. The third-order valence-electron chi connectivity index (χ3n) is 9.27. The second-order valence-electron chi connectivity index (χ2n) is 12.2. The fourth-order valence-corrected chi connectivity index (χ4v) is 7.06. The summed E-state index contributed by atoms with van der Waals surface area (Å²) in [5.74, 6) is -2.89. The lowest BCUT2D eigenvalue weighted by molar-refractivity contribution is -0.136. The van der Waals surface area contributed by atoms with Gasteiger partial charge in [-0.1, -0.05) is 6.07 Å². The summed E-state index contributed by atoms with van der Waals surface area (Å²) in [4.78, 5) is 18.9. The van der Waals surface area contributed by atoms with Gasteiger partial charge < -0.3 is 19.6 Å². The van der Waals surface area contributed by atoms with Gasteiger partial charge in [0, 0.05) is 56.3 Å². The predicted molar refractivity (Wildman–Crippen MR) is 155 cm³/mol. The van der Waals surface area contributed by atoms with E-state index in [1.807, 2.05) is 16.8 Å². The Hall–Kier alpha value is -3.91. The zero-order chi connectivity index (χ0) is 31.7. The molecule has 0 saturated carbocycles. The number of phenols is 1. The van der Waals surface area contributed by atoms with Crippen molar-refractivity contribution in [2.75, 3.05) is 57.8 Å². The minimum Gasteiger partial charge on any atom is -0.508 e. The van der Waals surface area contributed by atoms with Gasteiger partial charge in [0.1, 0.15) is 29.9 Å². The number of piperazine rings is 1. The molecule has 1 N–H and O–H groups in total. The molecular weight excluding hydrogens is 602 g/mol. The third-order valence-corrected chi connectivity index (χ3v) is 9.27. The number of halogens is 6. The van der Waals surface area contributed by atoms with Crippen LogP contribution in [0.5, 0.6) is 11.8 Å². The average Bonchev–Trinajstić information content (AvgIpc) is 3.52.